The third-order valence-corrected chi connectivity index (χ3v) is 1.89. The zero-order chi connectivity index (χ0) is 10.4. The van der Waals surface area contributed by atoms with Gasteiger partial charge >= 0.3 is 0 Å². The first-order valence-corrected chi connectivity index (χ1v) is 4.69. The van der Waals surface area contributed by atoms with Gasteiger partial charge in [-0.1, -0.05) is 6.07 Å². The Morgan fingerprint density at radius 2 is 2.50 bits per heavy atom. The summed E-state index contributed by atoms with van der Waals surface area (Å²) in [5.41, 5.74) is 6.35. The molecule has 1 aromatic rings. The van der Waals surface area contributed by atoms with E-state index in [-0.39, 0.29) is 17.8 Å². The van der Waals surface area contributed by atoms with Gasteiger partial charge in [0.15, 0.2) is 5.11 Å². The lowest BCUT2D eigenvalue weighted by molar-refractivity contribution is 0.255. The molecule has 0 radical (unpaired) electrons. The number of nitrogens with two attached hydrogens (primary N) is 1. The fourth-order valence-electron chi connectivity index (χ4n) is 1.17. The molecule has 0 amide bonds. The minimum atomic E-state index is -0.142. The summed E-state index contributed by atoms with van der Waals surface area (Å²) in [5.74, 6) is 0. The number of aliphatic hydroxyl groups excluding tert-OH is 1. The van der Waals surface area contributed by atoms with Crippen LogP contribution in [-0.2, 0) is 6.42 Å². The van der Waals surface area contributed by atoms with Gasteiger partial charge in [-0.25, -0.2) is 0 Å². The number of nitrogens with one attached hydrogen (secondary N) is 1. The Kier molecular flexibility index (Phi) is 4.28. The molecule has 0 spiro atoms. The SMILES string of the molecule is NC(=S)N[C@@H](CO)Cc1cccnc1. The van der Waals surface area contributed by atoms with E-state index in [9.17, 15) is 0 Å². The molecule has 0 aliphatic heterocycles. The maximum absolute atomic E-state index is 9.04. The second kappa shape index (κ2) is 5.51. The van der Waals surface area contributed by atoms with Gasteiger partial charge in [-0.15, -0.1) is 0 Å². The third-order valence-electron chi connectivity index (χ3n) is 1.77. The van der Waals surface area contributed by atoms with Crippen molar-refractivity contribution in [3.63, 3.8) is 0 Å². The number of thiocarbonyl (C=S) groups is 1. The molecular formula is C9H13N3OS. The smallest absolute Gasteiger partial charge is 0.163 e. The summed E-state index contributed by atoms with van der Waals surface area (Å²) in [5, 5.41) is 12.0. The first-order chi connectivity index (χ1) is 6.72. The van der Waals surface area contributed by atoms with Crippen molar-refractivity contribution in [3.05, 3.63) is 30.1 Å². The van der Waals surface area contributed by atoms with E-state index in [1.165, 1.54) is 0 Å². The Morgan fingerprint density at radius 3 is 3.00 bits per heavy atom. The highest BCUT2D eigenvalue weighted by atomic mass is 32.1. The van der Waals surface area contributed by atoms with Crippen LogP contribution in [0.4, 0.5) is 0 Å². The fraction of sp³-hybridized carbons (Fsp3) is 0.333. The highest BCUT2D eigenvalue weighted by molar-refractivity contribution is 7.80. The molecule has 1 rings (SSSR count). The maximum Gasteiger partial charge on any atom is 0.163 e. The molecule has 0 aliphatic carbocycles. The monoisotopic (exact) mass is 211 g/mol. The standard InChI is InChI=1S/C9H13N3OS/c10-9(14)12-8(6-13)4-7-2-1-3-11-5-7/h1-3,5,8,13H,4,6H2,(H3,10,12,14)/t8-/m1/s1. The fourth-order valence-corrected chi connectivity index (χ4v) is 1.33. The number of rotatable bonds is 4. The average molecular weight is 211 g/mol. The number of pyridine rings is 1. The van der Waals surface area contributed by atoms with E-state index in [1.54, 1.807) is 12.4 Å². The predicted molar refractivity (Wildman–Crippen MR) is 58.7 cm³/mol. The lowest BCUT2D eigenvalue weighted by atomic mass is 10.1. The number of aliphatic hydroxyl groups is 1. The molecule has 76 valence electrons. The van der Waals surface area contributed by atoms with Crippen LogP contribution in [-0.4, -0.2) is 27.9 Å². The summed E-state index contributed by atoms with van der Waals surface area (Å²) >= 11 is 4.69. The third kappa shape index (κ3) is 3.68. The van der Waals surface area contributed by atoms with Gasteiger partial charge < -0.3 is 16.2 Å². The van der Waals surface area contributed by atoms with Crippen LogP contribution in [0.1, 0.15) is 5.56 Å². The maximum atomic E-state index is 9.04. The van der Waals surface area contributed by atoms with Crippen LogP contribution in [0.5, 0.6) is 0 Å². The topological polar surface area (TPSA) is 71.2 Å². The Balaban J connectivity index is 2.53. The van der Waals surface area contributed by atoms with Crippen molar-refractivity contribution in [1.29, 1.82) is 0 Å². The second-order valence-electron chi connectivity index (χ2n) is 2.95. The van der Waals surface area contributed by atoms with Crippen molar-refractivity contribution in [2.75, 3.05) is 6.61 Å². The summed E-state index contributed by atoms with van der Waals surface area (Å²) in [6.45, 7) is -0.00770. The first-order valence-electron chi connectivity index (χ1n) is 4.28. The highest BCUT2D eigenvalue weighted by Crippen LogP contribution is 2.00. The first kappa shape index (κ1) is 10.9. The van der Waals surface area contributed by atoms with Gasteiger partial charge in [0, 0.05) is 12.4 Å². The molecule has 0 saturated carbocycles. The molecule has 0 saturated heterocycles. The molecule has 0 aliphatic rings. The molecule has 4 nitrogen and oxygen atoms in total. The van der Waals surface area contributed by atoms with Crippen molar-refractivity contribution in [2.24, 2.45) is 5.73 Å². The molecule has 4 N–H and O–H groups in total. The van der Waals surface area contributed by atoms with Crippen molar-refractivity contribution >= 4 is 17.3 Å². The molecule has 0 fully saturated rings. The summed E-state index contributed by atoms with van der Waals surface area (Å²) in [6.07, 6.45) is 4.12. The van der Waals surface area contributed by atoms with Gasteiger partial charge in [0.2, 0.25) is 0 Å². The zero-order valence-corrected chi connectivity index (χ0v) is 8.50. The van der Waals surface area contributed by atoms with Crippen molar-refractivity contribution in [1.82, 2.24) is 10.3 Å². The van der Waals surface area contributed by atoms with Crippen LogP contribution >= 0.6 is 12.2 Å². The summed E-state index contributed by atoms with van der Waals surface area (Å²) in [6, 6.07) is 3.65. The average Bonchev–Trinajstić information content (AvgIpc) is 2.17. The minimum Gasteiger partial charge on any atom is -0.394 e. The van der Waals surface area contributed by atoms with Crippen molar-refractivity contribution < 1.29 is 5.11 Å². The van der Waals surface area contributed by atoms with E-state index in [0.29, 0.717) is 6.42 Å². The molecule has 1 aromatic heterocycles. The van der Waals surface area contributed by atoms with E-state index in [2.05, 4.69) is 10.3 Å². The number of nitrogens with zero attached hydrogens (tertiary/aromatic N) is 1. The summed E-state index contributed by atoms with van der Waals surface area (Å²) in [7, 11) is 0. The molecule has 0 unspecified atom stereocenters. The molecule has 5 heteroatoms. The minimum absolute atomic E-state index is 0.00770. The van der Waals surface area contributed by atoms with Gasteiger partial charge in [0.25, 0.3) is 0 Å². The quantitative estimate of drug-likeness (QED) is 0.603. The van der Waals surface area contributed by atoms with E-state index >= 15 is 0 Å². The van der Waals surface area contributed by atoms with Crippen molar-refractivity contribution in [3.8, 4) is 0 Å². The summed E-state index contributed by atoms with van der Waals surface area (Å²) in [4.78, 5) is 3.98. The van der Waals surface area contributed by atoms with E-state index in [0.717, 1.165) is 5.56 Å². The molecular weight excluding hydrogens is 198 g/mol. The Morgan fingerprint density at radius 1 is 1.71 bits per heavy atom. The van der Waals surface area contributed by atoms with Crippen LogP contribution in [0.15, 0.2) is 24.5 Å². The van der Waals surface area contributed by atoms with Crippen LogP contribution < -0.4 is 11.1 Å². The molecule has 14 heavy (non-hydrogen) atoms. The van der Waals surface area contributed by atoms with Gasteiger partial charge in [0.05, 0.1) is 12.6 Å². The summed E-state index contributed by atoms with van der Waals surface area (Å²) < 4.78 is 0. The molecule has 0 aromatic carbocycles. The molecule has 0 bridgehead atoms. The Labute approximate surface area is 88.2 Å². The van der Waals surface area contributed by atoms with Gasteiger partial charge in [0.1, 0.15) is 0 Å². The second-order valence-corrected chi connectivity index (χ2v) is 3.39. The van der Waals surface area contributed by atoms with E-state index in [4.69, 9.17) is 23.1 Å². The Bertz CT molecular complexity index is 291. The lowest BCUT2D eigenvalue weighted by Crippen LogP contribution is -2.41. The number of hydrogen-bond acceptors (Lipinski definition) is 3. The Hall–Kier alpha value is -1.20. The van der Waals surface area contributed by atoms with E-state index < -0.39 is 0 Å². The van der Waals surface area contributed by atoms with E-state index in [1.807, 2.05) is 12.1 Å². The highest BCUT2D eigenvalue weighted by Gasteiger charge is 2.07. The van der Waals surface area contributed by atoms with Crippen LogP contribution in [0.3, 0.4) is 0 Å². The van der Waals surface area contributed by atoms with Crippen LogP contribution in [0.2, 0.25) is 0 Å². The molecule has 1 heterocycles. The van der Waals surface area contributed by atoms with Crippen LogP contribution in [0.25, 0.3) is 0 Å². The predicted octanol–water partition coefficient (Wildman–Crippen LogP) is -0.182. The normalized spacial score (nSPS) is 12.1. The number of aromatic nitrogens is 1. The largest absolute Gasteiger partial charge is 0.394 e. The zero-order valence-electron chi connectivity index (χ0n) is 7.68. The van der Waals surface area contributed by atoms with Gasteiger partial charge in [-0.3, -0.25) is 4.98 Å². The number of hydrogen-bond donors (Lipinski definition) is 3. The lowest BCUT2D eigenvalue weighted by Gasteiger charge is -2.15. The van der Waals surface area contributed by atoms with Crippen molar-refractivity contribution in [2.45, 2.75) is 12.5 Å². The van der Waals surface area contributed by atoms with Crippen LogP contribution in [0, 0.1) is 0 Å². The van der Waals surface area contributed by atoms with Gasteiger partial charge in [-0.2, -0.15) is 0 Å². The molecule has 1 atom stereocenters. The van der Waals surface area contributed by atoms with Gasteiger partial charge in [-0.05, 0) is 30.3 Å².